The number of benzene rings is 4. The Morgan fingerprint density at radius 1 is 0.672 bits per heavy atom. The zero-order valence-corrected chi connectivity index (χ0v) is 33.0. The fraction of sp³-hybridized carbons (Fsp3) is 0.310. The van der Waals surface area contributed by atoms with Gasteiger partial charge >= 0.3 is 18.2 Å². The number of nitrogens with two attached hydrogens (primary N) is 1. The fourth-order valence-corrected chi connectivity index (χ4v) is 5.55. The molecule has 16 nitrogen and oxygen atoms in total. The quantitative estimate of drug-likeness (QED) is 0.0854. The molecule has 0 aliphatic rings. The zero-order valence-electron chi connectivity index (χ0n) is 33.0. The second kappa shape index (κ2) is 20.4. The Bertz CT molecular complexity index is 2050. The van der Waals surface area contributed by atoms with Crippen molar-refractivity contribution in [3.63, 3.8) is 0 Å². The van der Waals surface area contributed by atoms with Crippen LogP contribution in [0.15, 0.2) is 91.0 Å². The van der Waals surface area contributed by atoms with E-state index in [2.05, 4.69) is 16.0 Å². The number of Topliss-reactive ketones (excluding diaryl/α,β-unsaturated/α-hetero) is 1. The minimum absolute atomic E-state index is 0.0164. The number of ketones is 1. The highest BCUT2D eigenvalue weighted by molar-refractivity contribution is 5.94. The molecule has 0 saturated carbocycles. The molecule has 0 aliphatic carbocycles. The third kappa shape index (κ3) is 12.9. The average Bonchev–Trinajstić information content (AvgIpc) is 3.20. The van der Waals surface area contributed by atoms with Gasteiger partial charge in [0.05, 0.1) is 27.9 Å². The molecule has 0 aliphatic heterocycles. The number of carboxylic acid groups (broad SMARTS) is 1. The molecule has 4 aromatic rings. The van der Waals surface area contributed by atoms with Gasteiger partial charge in [0.1, 0.15) is 41.5 Å². The van der Waals surface area contributed by atoms with E-state index in [-0.39, 0.29) is 47.2 Å². The molecule has 0 unspecified atom stereocenters. The maximum absolute atomic E-state index is 14.0. The number of methoxy groups -OCH3 is 3. The Kier molecular flexibility index (Phi) is 15.4. The summed E-state index contributed by atoms with van der Waals surface area (Å²) in [5.74, 6) is -1.53. The van der Waals surface area contributed by atoms with E-state index in [9.17, 15) is 29.1 Å². The number of carbonyl (C=O) groups is 5. The molecule has 0 saturated heterocycles. The minimum atomic E-state index is -1.53. The standard InChI is InChI=1S/C42H48N4O12/c1-42(2,3)58-41(52)46-37(39(49)50)27-14-17-34(55-6)35(21-27)57-31-20-28(19-30(22-31)54-5)36(33(47)23-43)45-38(48)32(18-25-12-15-29(53-4)16-13-25)44-40(51)56-24-26-10-8-7-9-11-26/h7-17,19-22,32,36-37H,18,23-24,43H2,1-6H3,(H,44,51)(H,45,48)(H,46,52)(H,49,50)/t32-,36+,37-/m1/s1. The summed E-state index contributed by atoms with van der Waals surface area (Å²) in [5, 5.41) is 17.7. The molecule has 6 N–H and O–H groups in total. The highest BCUT2D eigenvalue weighted by atomic mass is 16.6. The maximum atomic E-state index is 14.0. The van der Waals surface area contributed by atoms with Gasteiger partial charge in [0.15, 0.2) is 23.3 Å². The third-order valence-corrected chi connectivity index (χ3v) is 8.36. The lowest BCUT2D eigenvalue weighted by molar-refractivity contribution is -0.139. The Labute approximate surface area is 335 Å². The predicted molar refractivity (Wildman–Crippen MR) is 211 cm³/mol. The number of rotatable bonds is 18. The van der Waals surface area contributed by atoms with E-state index in [0.29, 0.717) is 11.3 Å². The van der Waals surface area contributed by atoms with Crippen molar-refractivity contribution >= 4 is 29.8 Å². The lowest BCUT2D eigenvalue weighted by Crippen LogP contribution is -2.50. The Balaban J connectivity index is 1.65. The van der Waals surface area contributed by atoms with Gasteiger partial charge in [0.25, 0.3) is 0 Å². The molecule has 0 radical (unpaired) electrons. The van der Waals surface area contributed by atoms with E-state index in [1.165, 1.54) is 57.7 Å². The lowest BCUT2D eigenvalue weighted by atomic mass is 9.99. The summed E-state index contributed by atoms with van der Waals surface area (Å²) >= 11 is 0. The van der Waals surface area contributed by atoms with Gasteiger partial charge in [-0.1, -0.05) is 48.5 Å². The van der Waals surface area contributed by atoms with Gasteiger partial charge in [0, 0.05) is 12.5 Å². The first kappa shape index (κ1) is 43.9. The van der Waals surface area contributed by atoms with Gasteiger partial charge in [-0.15, -0.1) is 0 Å². The van der Waals surface area contributed by atoms with Gasteiger partial charge in [-0.05, 0) is 79.4 Å². The molecule has 0 bridgehead atoms. The molecule has 0 aromatic heterocycles. The Hall–Kier alpha value is -6.81. The summed E-state index contributed by atoms with van der Waals surface area (Å²) in [4.78, 5) is 65.3. The van der Waals surface area contributed by atoms with E-state index in [4.69, 9.17) is 34.2 Å². The lowest BCUT2D eigenvalue weighted by Gasteiger charge is -2.24. The molecule has 4 aromatic carbocycles. The molecular formula is C42H48N4O12. The molecule has 4 rings (SSSR count). The van der Waals surface area contributed by atoms with Crippen LogP contribution < -0.4 is 40.6 Å². The first-order chi connectivity index (χ1) is 27.6. The molecule has 308 valence electrons. The second-order valence-corrected chi connectivity index (χ2v) is 13.8. The van der Waals surface area contributed by atoms with Crippen LogP contribution in [0.4, 0.5) is 9.59 Å². The van der Waals surface area contributed by atoms with Crippen LogP contribution in [0.5, 0.6) is 28.7 Å². The van der Waals surface area contributed by atoms with Crippen LogP contribution in [-0.2, 0) is 36.9 Å². The van der Waals surface area contributed by atoms with Gasteiger partial charge in [-0.3, -0.25) is 9.59 Å². The summed E-state index contributed by atoms with van der Waals surface area (Å²) < 4.78 is 33.1. The number of hydrogen-bond donors (Lipinski definition) is 5. The monoisotopic (exact) mass is 800 g/mol. The summed E-state index contributed by atoms with van der Waals surface area (Å²) in [6.45, 7) is 4.41. The van der Waals surface area contributed by atoms with Crippen molar-refractivity contribution in [1.82, 2.24) is 16.0 Å². The summed E-state index contributed by atoms with van der Waals surface area (Å²) in [5.41, 5.74) is 6.69. The van der Waals surface area contributed by atoms with Crippen molar-refractivity contribution in [2.24, 2.45) is 5.73 Å². The minimum Gasteiger partial charge on any atom is -0.497 e. The predicted octanol–water partition coefficient (Wildman–Crippen LogP) is 5.38. The first-order valence-electron chi connectivity index (χ1n) is 18.0. The Morgan fingerprint density at radius 3 is 1.95 bits per heavy atom. The zero-order chi connectivity index (χ0) is 42.4. The van der Waals surface area contributed by atoms with Gasteiger partial charge in [-0.2, -0.15) is 0 Å². The van der Waals surface area contributed by atoms with Gasteiger partial charge in [-0.25, -0.2) is 14.4 Å². The van der Waals surface area contributed by atoms with Crippen molar-refractivity contribution in [2.75, 3.05) is 27.9 Å². The first-order valence-corrected chi connectivity index (χ1v) is 18.0. The molecule has 0 spiro atoms. The van der Waals surface area contributed by atoms with Crippen LogP contribution in [0.3, 0.4) is 0 Å². The summed E-state index contributed by atoms with van der Waals surface area (Å²) in [7, 11) is 4.29. The molecule has 3 amide bonds. The fourth-order valence-electron chi connectivity index (χ4n) is 5.55. The number of ether oxygens (including phenoxy) is 6. The van der Waals surface area contributed by atoms with E-state index < -0.39 is 60.1 Å². The van der Waals surface area contributed by atoms with Crippen LogP contribution in [0.2, 0.25) is 0 Å². The molecular weight excluding hydrogens is 752 g/mol. The molecule has 0 heterocycles. The van der Waals surface area contributed by atoms with Crippen LogP contribution >= 0.6 is 0 Å². The summed E-state index contributed by atoms with van der Waals surface area (Å²) in [6.07, 6.45) is -1.79. The van der Waals surface area contributed by atoms with Crippen molar-refractivity contribution in [3.8, 4) is 28.7 Å². The number of carboxylic acids is 1. The third-order valence-electron chi connectivity index (χ3n) is 8.36. The molecule has 16 heteroatoms. The van der Waals surface area contributed by atoms with Crippen molar-refractivity contribution in [1.29, 1.82) is 0 Å². The molecule has 58 heavy (non-hydrogen) atoms. The number of carbonyl (C=O) groups excluding carboxylic acids is 4. The normalized spacial score (nSPS) is 12.5. The van der Waals surface area contributed by atoms with E-state index in [1.807, 2.05) is 6.07 Å². The van der Waals surface area contributed by atoms with Crippen LogP contribution in [0, 0.1) is 0 Å². The summed E-state index contributed by atoms with van der Waals surface area (Å²) in [6, 6.07) is 20.5. The Morgan fingerprint density at radius 2 is 1.34 bits per heavy atom. The highest BCUT2D eigenvalue weighted by Gasteiger charge is 2.30. The van der Waals surface area contributed by atoms with Crippen molar-refractivity contribution in [2.45, 2.75) is 57.5 Å². The number of nitrogens with one attached hydrogen (secondary N) is 3. The van der Waals surface area contributed by atoms with Crippen molar-refractivity contribution < 1.29 is 57.5 Å². The average molecular weight is 801 g/mol. The number of hydrogen-bond acceptors (Lipinski definition) is 12. The van der Waals surface area contributed by atoms with E-state index in [0.717, 1.165) is 5.56 Å². The van der Waals surface area contributed by atoms with E-state index in [1.54, 1.807) is 69.3 Å². The van der Waals surface area contributed by atoms with Gasteiger partial charge < -0.3 is 55.2 Å². The molecule has 3 atom stereocenters. The van der Waals surface area contributed by atoms with Crippen LogP contribution in [-0.4, -0.2) is 74.5 Å². The van der Waals surface area contributed by atoms with E-state index >= 15 is 0 Å². The molecule has 0 fully saturated rings. The van der Waals surface area contributed by atoms with Gasteiger partial charge in [0.2, 0.25) is 5.91 Å². The number of alkyl carbamates (subject to hydrolysis) is 2. The topological polar surface area (TPSA) is 223 Å². The smallest absolute Gasteiger partial charge is 0.408 e. The van der Waals surface area contributed by atoms with Crippen molar-refractivity contribution in [3.05, 3.63) is 113 Å². The number of aliphatic carboxylic acids is 1. The second-order valence-electron chi connectivity index (χ2n) is 13.8. The largest absolute Gasteiger partial charge is 0.497 e. The van der Waals surface area contributed by atoms with Crippen LogP contribution in [0.1, 0.15) is 55.1 Å². The number of amides is 3. The highest BCUT2D eigenvalue weighted by Crippen LogP contribution is 2.37. The maximum Gasteiger partial charge on any atom is 0.408 e. The SMILES string of the molecule is COc1ccc(C[C@@H](NC(=O)OCc2ccccc2)C(=O)N[C@H](C(=O)CN)c2cc(OC)cc(Oc3cc([C@@H](NC(=O)OC(C)(C)C)C(=O)O)ccc3OC)c2)cc1. The van der Waals surface area contributed by atoms with Crippen LogP contribution in [0.25, 0.3) is 0 Å².